The lowest BCUT2D eigenvalue weighted by atomic mass is 9.99. The van der Waals surface area contributed by atoms with Crippen molar-refractivity contribution in [1.29, 1.82) is 0 Å². The molecule has 0 radical (unpaired) electrons. The molecule has 92 valence electrons. The van der Waals surface area contributed by atoms with Crippen LogP contribution in [-0.4, -0.2) is 24.6 Å². The van der Waals surface area contributed by atoms with Gasteiger partial charge in [0.05, 0.1) is 6.61 Å². The molecule has 1 aromatic rings. The summed E-state index contributed by atoms with van der Waals surface area (Å²) < 4.78 is 32.4. The lowest BCUT2D eigenvalue weighted by molar-refractivity contribution is -0.0839. The van der Waals surface area contributed by atoms with Gasteiger partial charge in [-0.1, -0.05) is 6.07 Å². The van der Waals surface area contributed by atoms with Crippen LogP contribution < -0.4 is 0 Å². The molecule has 1 saturated heterocycles. The fourth-order valence-electron chi connectivity index (χ4n) is 2.68. The van der Waals surface area contributed by atoms with Crippen molar-refractivity contribution in [2.24, 2.45) is 0 Å². The SMILES string of the molecule is Fc1ccc2c(c1)[C@@H](F)CO[C@H]2N1CCCC1. The Kier molecular flexibility index (Phi) is 2.84. The van der Waals surface area contributed by atoms with Crippen LogP contribution in [0.25, 0.3) is 0 Å². The summed E-state index contributed by atoms with van der Waals surface area (Å²) in [6.45, 7) is 1.97. The minimum Gasteiger partial charge on any atom is -0.355 e. The van der Waals surface area contributed by atoms with Crippen molar-refractivity contribution in [1.82, 2.24) is 4.90 Å². The van der Waals surface area contributed by atoms with Crippen LogP contribution in [0.2, 0.25) is 0 Å². The Morgan fingerprint density at radius 1 is 1.18 bits per heavy atom. The molecule has 0 amide bonds. The monoisotopic (exact) mass is 239 g/mol. The lowest BCUT2D eigenvalue weighted by Gasteiger charge is -2.34. The van der Waals surface area contributed by atoms with E-state index < -0.39 is 6.17 Å². The molecule has 0 unspecified atom stereocenters. The second-order valence-electron chi connectivity index (χ2n) is 4.67. The Hall–Kier alpha value is -1.00. The van der Waals surface area contributed by atoms with Gasteiger partial charge in [-0.15, -0.1) is 0 Å². The summed E-state index contributed by atoms with van der Waals surface area (Å²) in [4.78, 5) is 2.20. The van der Waals surface area contributed by atoms with Gasteiger partial charge in [0.2, 0.25) is 0 Å². The zero-order chi connectivity index (χ0) is 11.8. The van der Waals surface area contributed by atoms with E-state index in [9.17, 15) is 8.78 Å². The van der Waals surface area contributed by atoms with Crippen molar-refractivity contribution >= 4 is 0 Å². The molecule has 0 aromatic heterocycles. The molecule has 2 aliphatic heterocycles. The van der Waals surface area contributed by atoms with Gasteiger partial charge in [0, 0.05) is 18.7 Å². The summed E-state index contributed by atoms with van der Waals surface area (Å²) in [6, 6.07) is 4.33. The Bertz CT molecular complexity index is 418. The number of halogens is 2. The molecule has 0 spiro atoms. The average Bonchev–Trinajstić information content (AvgIpc) is 2.84. The number of rotatable bonds is 1. The first kappa shape index (κ1) is 11.1. The fraction of sp³-hybridized carbons (Fsp3) is 0.538. The van der Waals surface area contributed by atoms with E-state index in [1.54, 1.807) is 6.07 Å². The van der Waals surface area contributed by atoms with Crippen LogP contribution in [-0.2, 0) is 4.74 Å². The molecule has 0 N–H and O–H groups in total. The van der Waals surface area contributed by atoms with E-state index in [2.05, 4.69) is 4.90 Å². The summed E-state index contributed by atoms with van der Waals surface area (Å²) in [5, 5.41) is 0. The summed E-state index contributed by atoms with van der Waals surface area (Å²) >= 11 is 0. The summed E-state index contributed by atoms with van der Waals surface area (Å²) in [6.07, 6.45) is 0.893. The van der Waals surface area contributed by atoms with Crippen LogP contribution in [0.1, 0.15) is 36.4 Å². The van der Waals surface area contributed by atoms with Gasteiger partial charge in [0.25, 0.3) is 0 Å². The van der Waals surface area contributed by atoms with E-state index >= 15 is 0 Å². The summed E-state index contributed by atoms with van der Waals surface area (Å²) in [5.74, 6) is -0.381. The molecule has 3 rings (SSSR count). The first-order chi connectivity index (χ1) is 8.25. The zero-order valence-electron chi connectivity index (χ0n) is 9.53. The maximum Gasteiger partial charge on any atom is 0.149 e. The highest BCUT2D eigenvalue weighted by Gasteiger charge is 2.33. The predicted molar refractivity (Wildman–Crippen MR) is 59.7 cm³/mol. The Morgan fingerprint density at radius 3 is 2.71 bits per heavy atom. The number of likely N-dealkylation sites (tertiary alicyclic amines) is 1. The molecule has 2 heterocycles. The second-order valence-corrected chi connectivity index (χ2v) is 4.67. The summed E-state index contributed by atoms with van der Waals surface area (Å²) in [7, 11) is 0. The van der Waals surface area contributed by atoms with Crippen LogP contribution in [0.5, 0.6) is 0 Å². The molecule has 17 heavy (non-hydrogen) atoms. The van der Waals surface area contributed by atoms with Crippen molar-refractivity contribution in [3.8, 4) is 0 Å². The number of alkyl halides is 1. The maximum absolute atomic E-state index is 13.7. The largest absolute Gasteiger partial charge is 0.355 e. The van der Waals surface area contributed by atoms with E-state index in [4.69, 9.17) is 4.74 Å². The molecule has 0 saturated carbocycles. The highest BCUT2D eigenvalue weighted by Crippen LogP contribution is 2.38. The smallest absolute Gasteiger partial charge is 0.149 e. The number of benzene rings is 1. The lowest BCUT2D eigenvalue weighted by Crippen LogP contribution is -2.32. The topological polar surface area (TPSA) is 12.5 Å². The predicted octanol–water partition coefficient (Wildman–Crippen LogP) is 2.96. The molecule has 0 aliphatic carbocycles. The zero-order valence-corrected chi connectivity index (χ0v) is 9.53. The number of hydrogen-bond acceptors (Lipinski definition) is 2. The first-order valence-corrected chi connectivity index (χ1v) is 6.05. The van der Waals surface area contributed by atoms with Crippen LogP contribution in [0.3, 0.4) is 0 Å². The summed E-state index contributed by atoms with van der Waals surface area (Å²) in [5.41, 5.74) is 1.24. The molecule has 1 fully saturated rings. The van der Waals surface area contributed by atoms with Crippen LogP contribution in [0.15, 0.2) is 18.2 Å². The van der Waals surface area contributed by atoms with E-state index in [1.165, 1.54) is 12.1 Å². The quantitative estimate of drug-likeness (QED) is 0.747. The second kappa shape index (κ2) is 4.35. The molecule has 2 nitrogen and oxygen atoms in total. The molecule has 4 heteroatoms. The van der Waals surface area contributed by atoms with Crippen LogP contribution in [0, 0.1) is 5.82 Å². The Morgan fingerprint density at radius 2 is 1.94 bits per heavy atom. The van der Waals surface area contributed by atoms with E-state index in [0.29, 0.717) is 5.56 Å². The molecular formula is C13H15F2NO. The fourth-order valence-corrected chi connectivity index (χ4v) is 2.68. The van der Waals surface area contributed by atoms with Gasteiger partial charge in [-0.2, -0.15) is 0 Å². The van der Waals surface area contributed by atoms with Gasteiger partial charge >= 0.3 is 0 Å². The van der Waals surface area contributed by atoms with Gasteiger partial charge in [-0.25, -0.2) is 8.78 Å². The van der Waals surface area contributed by atoms with Crippen molar-refractivity contribution in [2.45, 2.75) is 25.2 Å². The van der Waals surface area contributed by atoms with Gasteiger partial charge in [-0.05, 0) is 30.5 Å². The highest BCUT2D eigenvalue weighted by molar-refractivity contribution is 5.33. The molecule has 1 aromatic carbocycles. The standard InChI is InChI=1S/C13H15F2NO/c14-9-3-4-10-11(7-9)12(15)8-17-13(10)16-5-1-2-6-16/h3-4,7,12-13H,1-2,5-6,8H2/t12-,13+/m0/s1. The van der Waals surface area contributed by atoms with Gasteiger partial charge < -0.3 is 4.74 Å². The minimum atomic E-state index is -1.21. The molecule has 0 bridgehead atoms. The van der Waals surface area contributed by atoms with E-state index in [-0.39, 0.29) is 18.7 Å². The van der Waals surface area contributed by atoms with Crippen LogP contribution in [0.4, 0.5) is 8.78 Å². The minimum absolute atomic E-state index is 0.0254. The number of nitrogens with zero attached hydrogens (tertiary/aromatic N) is 1. The number of fused-ring (bicyclic) bond motifs is 1. The molecular weight excluding hydrogens is 224 g/mol. The van der Waals surface area contributed by atoms with Crippen LogP contribution >= 0.6 is 0 Å². The van der Waals surface area contributed by atoms with Gasteiger partial charge in [0.1, 0.15) is 18.2 Å². The highest BCUT2D eigenvalue weighted by atomic mass is 19.1. The van der Waals surface area contributed by atoms with E-state index in [0.717, 1.165) is 31.5 Å². The molecule has 2 aliphatic rings. The third-order valence-corrected chi connectivity index (χ3v) is 3.53. The van der Waals surface area contributed by atoms with Crippen molar-refractivity contribution in [3.05, 3.63) is 35.1 Å². The number of hydrogen-bond donors (Lipinski definition) is 0. The molecule has 2 atom stereocenters. The maximum atomic E-state index is 13.7. The van der Waals surface area contributed by atoms with Gasteiger partial charge in [-0.3, -0.25) is 4.90 Å². The van der Waals surface area contributed by atoms with Crippen molar-refractivity contribution < 1.29 is 13.5 Å². The van der Waals surface area contributed by atoms with Crippen molar-refractivity contribution in [2.75, 3.05) is 19.7 Å². The Labute approximate surface area is 99.2 Å². The Balaban J connectivity index is 1.96. The van der Waals surface area contributed by atoms with Crippen molar-refractivity contribution in [3.63, 3.8) is 0 Å². The first-order valence-electron chi connectivity index (χ1n) is 6.05. The third-order valence-electron chi connectivity index (χ3n) is 3.53. The third kappa shape index (κ3) is 1.96. The number of ether oxygens (including phenoxy) is 1. The average molecular weight is 239 g/mol. The van der Waals surface area contributed by atoms with E-state index in [1.807, 2.05) is 0 Å². The normalized spacial score (nSPS) is 29.3. The van der Waals surface area contributed by atoms with Gasteiger partial charge in [0.15, 0.2) is 0 Å².